The Morgan fingerprint density at radius 3 is 2.67 bits per heavy atom. The number of amides is 2. The van der Waals surface area contributed by atoms with E-state index in [0.29, 0.717) is 36.5 Å². The molecule has 1 aromatic carbocycles. The van der Waals surface area contributed by atoms with Crippen molar-refractivity contribution in [2.24, 2.45) is 5.41 Å². The van der Waals surface area contributed by atoms with Crippen LogP contribution in [-0.2, 0) is 9.59 Å². The fourth-order valence-corrected chi connectivity index (χ4v) is 3.82. The van der Waals surface area contributed by atoms with Gasteiger partial charge in [-0.15, -0.1) is 0 Å². The van der Waals surface area contributed by atoms with Gasteiger partial charge in [-0.3, -0.25) is 9.59 Å². The van der Waals surface area contributed by atoms with Gasteiger partial charge >= 0.3 is 0 Å². The van der Waals surface area contributed by atoms with E-state index in [1.807, 2.05) is 12.1 Å². The number of anilines is 1. The Kier molecular flexibility index (Phi) is 4.77. The van der Waals surface area contributed by atoms with Gasteiger partial charge in [-0.25, -0.2) is 0 Å². The standard InChI is InChI=1S/C18H20ClN3O2/c19-13-6-1-2-8-15(13)22-11-5-7-14(16(22)23)21-17(24)18(12-20)9-3-4-10-18/h1-2,6,8,14H,3-5,7,9-11H2,(H,21,24)/t14-/m1/s1. The minimum Gasteiger partial charge on any atom is -0.343 e. The summed E-state index contributed by atoms with van der Waals surface area (Å²) >= 11 is 6.20. The molecule has 0 radical (unpaired) electrons. The quantitative estimate of drug-likeness (QED) is 0.915. The van der Waals surface area contributed by atoms with Crippen molar-refractivity contribution in [3.8, 4) is 6.07 Å². The molecule has 0 unspecified atom stereocenters. The summed E-state index contributed by atoms with van der Waals surface area (Å²) in [5.74, 6) is -0.462. The lowest BCUT2D eigenvalue weighted by molar-refractivity contribution is -0.132. The molecule has 1 aliphatic carbocycles. The second-order valence-electron chi connectivity index (χ2n) is 6.51. The summed E-state index contributed by atoms with van der Waals surface area (Å²) in [6.07, 6.45) is 4.28. The SMILES string of the molecule is N#CC1(C(=O)N[C@@H]2CCCN(c3ccccc3Cl)C2=O)CCCC1. The van der Waals surface area contributed by atoms with Crippen molar-refractivity contribution in [2.75, 3.05) is 11.4 Å². The second kappa shape index (κ2) is 6.82. The maximum absolute atomic E-state index is 12.8. The molecule has 0 spiro atoms. The van der Waals surface area contributed by atoms with Crippen molar-refractivity contribution in [1.29, 1.82) is 5.26 Å². The number of halogens is 1. The third kappa shape index (κ3) is 2.99. The Labute approximate surface area is 146 Å². The van der Waals surface area contributed by atoms with Crippen LogP contribution in [0.2, 0.25) is 5.02 Å². The summed E-state index contributed by atoms with van der Waals surface area (Å²) in [4.78, 5) is 27.0. The van der Waals surface area contributed by atoms with E-state index in [2.05, 4.69) is 11.4 Å². The highest BCUT2D eigenvalue weighted by atomic mass is 35.5. The minimum absolute atomic E-state index is 0.159. The molecule has 3 rings (SSSR count). The van der Waals surface area contributed by atoms with Gasteiger partial charge in [0.25, 0.3) is 0 Å². The number of hydrogen-bond donors (Lipinski definition) is 1. The number of carbonyl (C=O) groups is 2. The van der Waals surface area contributed by atoms with Gasteiger partial charge in [-0.2, -0.15) is 5.26 Å². The maximum atomic E-state index is 12.8. The molecule has 1 heterocycles. The lowest BCUT2D eigenvalue weighted by Gasteiger charge is -2.34. The predicted molar refractivity (Wildman–Crippen MR) is 91.5 cm³/mol. The lowest BCUT2D eigenvalue weighted by Crippen LogP contribution is -2.55. The van der Waals surface area contributed by atoms with E-state index in [-0.39, 0.29) is 11.8 Å². The summed E-state index contributed by atoms with van der Waals surface area (Å²) in [7, 11) is 0. The largest absolute Gasteiger partial charge is 0.343 e. The first-order chi connectivity index (χ1) is 11.6. The number of rotatable bonds is 3. The van der Waals surface area contributed by atoms with E-state index in [9.17, 15) is 14.9 Å². The molecule has 126 valence electrons. The number of hydrogen-bond acceptors (Lipinski definition) is 3. The number of nitriles is 1. The van der Waals surface area contributed by atoms with Gasteiger partial charge in [-0.1, -0.05) is 36.6 Å². The number of piperidine rings is 1. The van der Waals surface area contributed by atoms with Crippen LogP contribution in [0.5, 0.6) is 0 Å². The Balaban J connectivity index is 1.75. The molecule has 1 aromatic rings. The number of nitrogens with one attached hydrogen (secondary N) is 1. The van der Waals surface area contributed by atoms with Crippen molar-refractivity contribution in [3.05, 3.63) is 29.3 Å². The molecular weight excluding hydrogens is 326 g/mol. The van der Waals surface area contributed by atoms with Crippen LogP contribution in [0.1, 0.15) is 38.5 Å². The topological polar surface area (TPSA) is 73.2 Å². The third-order valence-corrected chi connectivity index (χ3v) is 5.31. The average molecular weight is 346 g/mol. The predicted octanol–water partition coefficient (Wildman–Crippen LogP) is 3.04. The van der Waals surface area contributed by atoms with Crippen LogP contribution in [0, 0.1) is 16.7 Å². The van der Waals surface area contributed by atoms with Gasteiger partial charge in [0.05, 0.1) is 16.8 Å². The third-order valence-electron chi connectivity index (χ3n) is 4.99. The molecule has 2 amide bonds. The molecule has 1 saturated carbocycles. The van der Waals surface area contributed by atoms with Crippen LogP contribution in [0.25, 0.3) is 0 Å². The van der Waals surface area contributed by atoms with Gasteiger partial charge < -0.3 is 10.2 Å². The molecule has 1 N–H and O–H groups in total. The van der Waals surface area contributed by atoms with Gasteiger partial charge in [0.2, 0.25) is 11.8 Å². The van der Waals surface area contributed by atoms with Gasteiger partial charge in [0.1, 0.15) is 11.5 Å². The molecular formula is C18H20ClN3O2. The summed E-state index contributed by atoms with van der Waals surface area (Å²) < 4.78 is 0. The summed E-state index contributed by atoms with van der Waals surface area (Å²) in [5.41, 5.74) is -0.300. The van der Waals surface area contributed by atoms with Crippen LogP contribution in [0.3, 0.4) is 0 Å². The Hall–Kier alpha value is -2.06. The molecule has 2 fully saturated rings. The highest BCUT2D eigenvalue weighted by molar-refractivity contribution is 6.33. The van der Waals surface area contributed by atoms with E-state index in [4.69, 9.17) is 11.6 Å². The fraction of sp³-hybridized carbons (Fsp3) is 0.500. The molecule has 1 saturated heterocycles. The zero-order valence-electron chi connectivity index (χ0n) is 13.4. The molecule has 2 aliphatic rings. The fourth-order valence-electron chi connectivity index (χ4n) is 3.58. The van der Waals surface area contributed by atoms with Crippen molar-refractivity contribution < 1.29 is 9.59 Å². The molecule has 24 heavy (non-hydrogen) atoms. The highest BCUT2D eigenvalue weighted by Crippen LogP contribution is 2.38. The number of para-hydroxylation sites is 1. The van der Waals surface area contributed by atoms with Gasteiger partial charge in [0.15, 0.2) is 0 Å². The molecule has 1 aliphatic heterocycles. The summed E-state index contributed by atoms with van der Waals surface area (Å²) in [6.45, 7) is 0.582. The summed E-state index contributed by atoms with van der Waals surface area (Å²) in [6, 6.07) is 8.78. The lowest BCUT2D eigenvalue weighted by atomic mass is 9.86. The second-order valence-corrected chi connectivity index (χ2v) is 6.92. The van der Waals surface area contributed by atoms with Crippen LogP contribution in [0.15, 0.2) is 24.3 Å². The van der Waals surface area contributed by atoms with E-state index >= 15 is 0 Å². The van der Waals surface area contributed by atoms with Crippen LogP contribution in [0.4, 0.5) is 5.69 Å². The van der Waals surface area contributed by atoms with Crippen molar-refractivity contribution in [2.45, 2.75) is 44.6 Å². The van der Waals surface area contributed by atoms with Crippen LogP contribution >= 0.6 is 11.6 Å². The van der Waals surface area contributed by atoms with Crippen LogP contribution < -0.4 is 10.2 Å². The number of carbonyl (C=O) groups excluding carboxylic acids is 2. The highest BCUT2D eigenvalue weighted by Gasteiger charge is 2.43. The van der Waals surface area contributed by atoms with Gasteiger partial charge in [0, 0.05) is 6.54 Å². The molecule has 0 bridgehead atoms. The molecule has 6 heteroatoms. The normalized spacial score (nSPS) is 22.9. The minimum atomic E-state index is -0.965. The van der Waals surface area contributed by atoms with E-state index < -0.39 is 11.5 Å². The first-order valence-corrected chi connectivity index (χ1v) is 8.73. The van der Waals surface area contributed by atoms with Crippen LogP contribution in [-0.4, -0.2) is 24.4 Å². The average Bonchev–Trinajstić information content (AvgIpc) is 3.08. The molecule has 1 atom stereocenters. The number of nitrogens with zero attached hydrogens (tertiary/aromatic N) is 2. The van der Waals surface area contributed by atoms with E-state index in [1.165, 1.54) is 0 Å². The zero-order chi connectivity index (χ0) is 17.2. The first-order valence-electron chi connectivity index (χ1n) is 8.35. The molecule has 0 aromatic heterocycles. The Bertz CT molecular complexity index is 692. The monoisotopic (exact) mass is 345 g/mol. The van der Waals surface area contributed by atoms with Crippen molar-refractivity contribution >= 4 is 29.1 Å². The Morgan fingerprint density at radius 1 is 1.29 bits per heavy atom. The smallest absolute Gasteiger partial charge is 0.249 e. The van der Waals surface area contributed by atoms with E-state index in [0.717, 1.165) is 19.3 Å². The number of benzene rings is 1. The maximum Gasteiger partial charge on any atom is 0.249 e. The Morgan fingerprint density at radius 2 is 2.00 bits per heavy atom. The van der Waals surface area contributed by atoms with Gasteiger partial charge in [-0.05, 0) is 37.8 Å². The first kappa shape index (κ1) is 16.8. The summed E-state index contributed by atoms with van der Waals surface area (Å²) in [5, 5.41) is 12.8. The van der Waals surface area contributed by atoms with Crippen molar-refractivity contribution in [3.63, 3.8) is 0 Å². The zero-order valence-corrected chi connectivity index (χ0v) is 14.2. The van der Waals surface area contributed by atoms with E-state index in [1.54, 1.807) is 17.0 Å². The van der Waals surface area contributed by atoms with Crippen molar-refractivity contribution in [1.82, 2.24) is 5.32 Å². The molecule has 5 nitrogen and oxygen atoms in total.